The highest BCUT2D eigenvalue weighted by Crippen LogP contribution is 2.23. The predicted octanol–water partition coefficient (Wildman–Crippen LogP) is 3.33. The highest BCUT2D eigenvalue weighted by Gasteiger charge is 2.16. The van der Waals surface area contributed by atoms with Crippen molar-refractivity contribution < 1.29 is 9.59 Å². The monoisotopic (exact) mass is 377 g/mol. The molecular weight excluding hydrogens is 354 g/mol. The molecule has 7 heteroatoms. The van der Waals surface area contributed by atoms with Crippen molar-refractivity contribution in [2.75, 3.05) is 5.32 Å². The number of aromatic nitrogens is 2. The van der Waals surface area contributed by atoms with Gasteiger partial charge in [-0.2, -0.15) is 0 Å². The molecule has 0 saturated heterocycles. The number of carbonyl (C=O) groups is 2. The van der Waals surface area contributed by atoms with Gasteiger partial charge in [0.25, 0.3) is 5.91 Å². The first-order valence-electron chi connectivity index (χ1n) is 8.99. The van der Waals surface area contributed by atoms with Gasteiger partial charge in [0.1, 0.15) is 5.56 Å². The first kappa shape index (κ1) is 19.2. The van der Waals surface area contributed by atoms with Crippen LogP contribution in [0.5, 0.6) is 0 Å². The molecule has 0 aliphatic rings. The largest absolute Gasteiger partial charge is 0.365 e. The molecular formula is C21H23N5O2. The molecule has 0 aliphatic heterocycles. The van der Waals surface area contributed by atoms with Gasteiger partial charge in [0.15, 0.2) is 5.82 Å². The standard InChI is InChI=1S/C21H23N5O2/c1-13(2)11-14-3-5-15(6-4-14)16-7-9-17(10-8-16)26-12-18(19(22)27)20(25-26)24-21(23)28/h3-10,12-13H,11H2,1-2H3,(H2,22,27)(H3,23,24,25,28). The van der Waals surface area contributed by atoms with Crippen molar-refractivity contribution >= 4 is 17.8 Å². The highest BCUT2D eigenvalue weighted by atomic mass is 16.2. The number of rotatable bonds is 6. The summed E-state index contributed by atoms with van der Waals surface area (Å²) in [4.78, 5) is 22.6. The van der Waals surface area contributed by atoms with Gasteiger partial charge in [0.2, 0.25) is 0 Å². The van der Waals surface area contributed by atoms with Gasteiger partial charge in [-0.25, -0.2) is 9.48 Å². The van der Waals surface area contributed by atoms with E-state index in [1.807, 2.05) is 24.3 Å². The van der Waals surface area contributed by atoms with Crippen molar-refractivity contribution in [3.05, 3.63) is 65.9 Å². The molecule has 3 rings (SSSR count). The van der Waals surface area contributed by atoms with E-state index in [9.17, 15) is 9.59 Å². The number of hydrogen-bond donors (Lipinski definition) is 3. The highest BCUT2D eigenvalue weighted by molar-refractivity contribution is 6.01. The first-order chi connectivity index (χ1) is 13.3. The lowest BCUT2D eigenvalue weighted by Crippen LogP contribution is -2.22. The van der Waals surface area contributed by atoms with Crippen LogP contribution in [0.3, 0.4) is 0 Å². The van der Waals surface area contributed by atoms with E-state index in [4.69, 9.17) is 11.5 Å². The molecule has 0 aliphatic carbocycles. The van der Waals surface area contributed by atoms with E-state index in [1.54, 1.807) is 0 Å². The molecule has 0 unspecified atom stereocenters. The van der Waals surface area contributed by atoms with Gasteiger partial charge >= 0.3 is 6.03 Å². The summed E-state index contributed by atoms with van der Waals surface area (Å²) in [7, 11) is 0. The summed E-state index contributed by atoms with van der Waals surface area (Å²) in [5.41, 5.74) is 14.8. The Morgan fingerprint density at radius 3 is 2.07 bits per heavy atom. The van der Waals surface area contributed by atoms with Crippen LogP contribution in [0.4, 0.5) is 10.6 Å². The third kappa shape index (κ3) is 4.37. The molecule has 28 heavy (non-hydrogen) atoms. The van der Waals surface area contributed by atoms with Crippen molar-refractivity contribution in [1.82, 2.24) is 9.78 Å². The Morgan fingerprint density at radius 2 is 1.57 bits per heavy atom. The van der Waals surface area contributed by atoms with Crippen LogP contribution in [0.2, 0.25) is 0 Å². The van der Waals surface area contributed by atoms with Crippen LogP contribution in [-0.2, 0) is 6.42 Å². The van der Waals surface area contributed by atoms with E-state index in [1.165, 1.54) is 16.4 Å². The minimum Gasteiger partial charge on any atom is -0.365 e. The molecule has 2 aromatic carbocycles. The van der Waals surface area contributed by atoms with E-state index in [0.717, 1.165) is 23.2 Å². The number of benzene rings is 2. The molecule has 0 atom stereocenters. The van der Waals surface area contributed by atoms with Crippen LogP contribution in [0.1, 0.15) is 29.8 Å². The maximum Gasteiger partial charge on any atom is 0.317 e. The summed E-state index contributed by atoms with van der Waals surface area (Å²) in [5.74, 6) is -0.0450. The van der Waals surface area contributed by atoms with Crippen molar-refractivity contribution in [2.45, 2.75) is 20.3 Å². The fourth-order valence-electron chi connectivity index (χ4n) is 3.01. The average molecular weight is 377 g/mol. The van der Waals surface area contributed by atoms with Crippen molar-refractivity contribution in [2.24, 2.45) is 17.4 Å². The van der Waals surface area contributed by atoms with Gasteiger partial charge < -0.3 is 11.5 Å². The summed E-state index contributed by atoms with van der Waals surface area (Å²) < 4.78 is 1.47. The molecule has 0 spiro atoms. The zero-order valence-electron chi connectivity index (χ0n) is 15.8. The van der Waals surface area contributed by atoms with Crippen LogP contribution < -0.4 is 16.8 Å². The summed E-state index contributed by atoms with van der Waals surface area (Å²) in [6.45, 7) is 4.41. The number of anilines is 1. The minimum atomic E-state index is -0.816. The number of primary amides is 2. The van der Waals surface area contributed by atoms with Gasteiger partial charge in [0, 0.05) is 6.20 Å². The predicted molar refractivity (Wildman–Crippen MR) is 109 cm³/mol. The van der Waals surface area contributed by atoms with Gasteiger partial charge in [0.05, 0.1) is 5.69 Å². The van der Waals surface area contributed by atoms with Gasteiger partial charge in [-0.05, 0) is 41.2 Å². The Bertz CT molecular complexity index is 989. The molecule has 0 bridgehead atoms. The smallest absolute Gasteiger partial charge is 0.317 e. The zero-order chi connectivity index (χ0) is 20.3. The normalized spacial score (nSPS) is 10.8. The molecule has 0 fully saturated rings. The van der Waals surface area contributed by atoms with Crippen molar-refractivity contribution in [3.63, 3.8) is 0 Å². The molecule has 3 aromatic rings. The van der Waals surface area contributed by atoms with Crippen molar-refractivity contribution in [3.8, 4) is 16.8 Å². The Morgan fingerprint density at radius 1 is 1.00 bits per heavy atom. The second-order valence-electron chi connectivity index (χ2n) is 7.03. The molecule has 0 saturated carbocycles. The zero-order valence-corrected chi connectivity index (χ0v) is 15.8. The van der Waals surface area contributed by atoms with E-state index in [0.29, 0.717) is 5.92 Å². The number of nitrogens with one attached hydrogen (secondary N) is 1. The minimum absolute atomic E-state index is 0.0322. The van der Waals surface area contributed by atoms with E-state index >= 15 is 0 Å². The second kappa shape index (κ2) is 7.96. The Kier molecular flexibility index (Phi) is 5.44. The lowest BCUT2D eigenvalue weighted by atomic mass is 9.99. The van der Waals surface area contributed by atoms with Crippen LogP contribution in [-0.4, -0.2) is 21.7 Å². The lowest BCUT2D eigenvalue weighted by Gasteiger charge is -2.08. The maximum atomic E-state index is 11.6. The Hall–Kier alpha value is -3.61. The number of hydrogen-bond acceptors (Lipinski definition) is 3. The summed E-state index contributed by atoms with van der Waals surface area (Å²) in [6.07, 6.45) is 2.52. The van der Waals surface area contributed by atoms with E-state index in [2.05, 4.69) is 48.5 Å². The summed E-state index contributed by atoms with van der Waals surface area (Å²) >= 11 is 0. The third-order valence-electron chi connectivity index (χ3n) is 4.28. The second-order valence-corrected chi connectivity index (χ2v) is 7.03. The Labute approximate surface area is 163 Å². The van der Waals surface area contributed by atoms with Gasteiger partial charge in [-0.1, -0.05) is 50.2 Å². The number of amides is 3. The van der Waals surface area contributed by atoms with Crippen LogP contribution in [0.25, 0.3) is 16.8 Å². The third-order valence-corrected chi connectivity index (χ3v) is 4.28. The fourth-order valence-corrected chi connectivity index (χ4v) is 3.01. The Balaban J connectivity index is 1.84. The molecule has 7 nitrogen and oxygen atoms in total. The van der Waals surface area contributed by atoms with Gasteiger partial charge in [-0.3, -0.25) is 10.1 Å². The molecule has 0 radical (unpaired) electrons. The van der Waals surface area contributed by atoms with Crippen molar-refractivity contribution in [1.29, 1.82) is 0 Å². The van der Waals surface area contributed by atoms with E-state index in [-0.39, 0.29) is 11.4 Å². The number of carbonyl (C=O) groups excluding carboxylic acids is 2. The van der Waals surface area contributed by atoms with Crippen LogP contribution >= 0.6 is 0 Å². The fraction of sp³-hybridized carbons (Fsp3) is 0.190. The first-order valence-corrected chi connectivity index (χ1v) is 8.99. The molecule has 1 aromatic heterocycles. The lowest BCUT2D eigenvalue weighted by molar-refractivity contribution is 0.100. The van der Waals surface area contributed by atoms with Crippen LogP contribution in [0, 0.1) is 5.92 Å². The quantitative estimate of drug-likeness (QED) is 0.612. The van der Waals surface area contributed by atoms with Crippen LogP contribution in [0.15, 0.2) is 54.7 Å². The number of nitrogens with two attached hydrogens (primary N) is 2. The van der Waals surface area contributed by atoms with E-state index < -0.39 is 11.9 Å². The number of nitrogens with zero attached hydrogens (tertiary/aromatic N) is 2. The molecule has 144 valence electrons. The topological polar surface area (TPSA) is 116 Å². The average Bonchev–Trinajstić information content (AvgIpc) is 3.05. The molecule has 3 amide bonds. The molecule has 5 N–H and O–H groups in total. The molecule has 1 heterocycles. The van der Waals surface area contributed by atoms with Gasteiger partial charge in [-0.15, -0.1) is 5.10 Å². The number of urea groups is 1. The maximum absolute atomic E-state index is 11.6. The summed E-state index contributed by atoms with van der Waals surface area (Å²) in [6, 6.07) is 15.4. The SMILES string of the molecule is CC(C)Cc1ccc(-c2ccc(-n3cc(C(N)=O)c(NC(N)=O)n3)cc2)cc1. The summed E-state index contributed by atoms with van der Waals surface area (Å²) in [5, 5.41) is 6.49.